The van der Waals surface area contributed by atoms with Crippen LogP contribution in [-0.2, 0) is 11.3 Å². The molecule has 106 valence electrons. The van der Waals surface area contributed by atoms with Gasteiger partial charge in [0.15, 0.2) is 5.82 Å². The molecule has 0 fully saturated rings. The highest BCUT2D eigenvalue weighted by Gasteiger charge is 2.10. The van der Waals surface area contributed by atoms with Crippen LogP contribution in [-0.4, -0.2) is 32.0 Å². The Morgan fingerprint density at radius 2 is 2.30 bits per heavy atom. The van der Waals surface area contributed by atoms with Crippen LogP contribution in [0.4, 0.5) is 4.39 Å². The highest BCUT2D eigenvalue weighted by Crippen LogP contribution is 2.09. The van der Waals surface area contributed by atoms with Crippen molar-refractivity contribution in [1.29, 1.82) is 0 Å². The number of hydrogen-bond donors (Lipinski definition) is 1. The Labute approximate surface area is 119 Å². The summed E-state index contributed by atoms with van der Waals surface area (Å²) in [6.45, 7) is 0.171. The van der Waals surface area contributed by atoms with Crippen LogP contribution in [0.1, 0.15) is 18.7 Å². The highest BCUT2D eigenvalue weighted by molar-refractivity contribution is 6.17. The average molecular weight is 298 g/mol. The zero-order chi connectivity index (χ0) is 14.4. The third-order valence-corrected chi connectivity index (χ3v) is 2.84. The summed E-state index contributed by atoms with van der Waals surface area (Å²) in [5.41, 5.74) is 0.500. The third-order valence-electron chi connectivity index (χ3n) is 2.57. The van der Waals surface area contributed by atoms with E-state index in [-0.39, 0.29) is 18.3 Å². The molecule has 1 aromatic carbocycles. The quantitative estimate of drug-likeness (QED) is 0.819. The number of nitrogens with one attached hydrogen (secondary N) is 1. The Morgan fingerprint density at radius 3 is 3.05 bits per heavy atom. The van der Waals surface area contributed by atoms with Gasteiger partial charge in [-0.15, -0.1) is 16.7 Å². The van der Waals surface area contributed by atoms with E-state index in [2.05, 4.69) is 20.8 Å². The van der Waals surface area contributed by atoms with Crippen molar-refractivity contribution in [2.45, 2.75) is 19.4 Å². The summed E-state index contributed by atoms with van der Waals surface area (Å²) in [5, 5.41) is 13.8. The molecule has 8 heteroatoms. The van der Waals surface area contributed by atoms with Crippen molar-refractivity contribution in [3.63, 3.8) is 0 Å². The summed E-state index contributed by atoms with van der Waals surface area (Å²) in [7, 11) is 0. The van der Waals surface area contributed by atoms with Crippen molar-refractivity contribution in [2.75, 3.05) is 5.88 Å². The SMILES string of the molecule is O=C(CCCCl)NCc1nnnn1-c1cccc(F)c1. The Balaban J connectivity index is 2.04. The molecule has 2 aromatic rings. The van der Waals surface area contributed by atoms with Crippen molar-refractivity contribution in [2.24, 2.45) is 0 Å². The van der Waals surface area contributed by atoms with Gasteiger partial charge in [-0.25, -0.2) is 4.39 Å². The van der Waals surface area contributed by atoms with Gasteiger partial charge >= 0.3 is 0 Å². The standard InChI is InChI=1S/C12H13ClFN5O/c13-6-2-5-12(20)15-8-11-16-17-18-19(11)10-4-1-3-9(14)7-10/h1,3-4,7H,2,5-6,8H2,(H,15,20). The first-order valence-corrected chi connectivity index (χ1v) is 6.60. The van der Waals surface area contributed by atoms with Gasteiger partial charge in [0.25, 0.3) is 0 Å². The topological polar surface area (TPSA) is 72.7 Å². The molecular weight excluding hydrogens is 285 g/mol. The van der Waals surface area contributed by atoms with Gasteiger partial charge in [0.2, 0.25) is 5.91 Å². The van der Waals surface area contributed by atoms with Crippen LogP contribution in [0.25, 0.3) is 5.69 Å². The minimum absolute atomic E-state index is 0.126. The third kappa shape index (κ3) is 3.74. The molecule has 2 rings (SSSR count). The molecule has 0 saturated heterocycles. The van der Waals surface area contributed by atoms with Crippen molar-refractivity contribution >= 4 is 17.5 Å². The smallest absolute Gasteiger partial charge is 0.220 e. The first-order valence-electron chi connectivity index (χ1n) is 6.06. The number of aromatic nitrogens is 4. The van der Waals surface area contributed by atoms with Gasteiger partial charge < -0.3 is 5.32 Å². The maximum Gasteiger partial charge on any atom is 0.220 e. The lowest BCUT2D eigenvalue weighted by Gasteiger charge is -2.06. The molecule has 0 aliphatic heterocycles. The number of carbonyl (C=O) groups excluding carboxylic acids is 1. The largest absolute Gasteiger partial charge is 0.349 e. The van der Waals surface area contributed by atoms with Gasteiger partial charge in [-0.2, -0.15) is 4.68 Å². The molecular formula is C12H13ClFN5O. The Bertz CT molecular complexity index is 589. The zero-order valence-electron chi connectivity index (χ0n) is 10.6. The van der Waals surface area contributed by atoms with Crippen LogP contribution < -0.4 is 5.32 Å². The fourth-order valence-corrected chi connectivity index (χ4v) is 1.75. The molecule has 1 N–H and O–H groups in total. The molecule has 0 unspecified atom stereocenters. The molecule has 0 saturated carbocycles. The predicted octanol–water partition coefficient (Wildman–Crippen LogP) is 1.44. The van der Waals surface area contributed by atoms with E-state index in [4.69, 9.17) is 11.6 Å². The lowest BCUT2D eigenvalue weighted by Crippen LogP contribution is -2.24. The van der Waals surface area contributed by atoms with E-state index in [9.17, 15) is 9.18 Å². The van der Waals surface area contributed by atoms with Crippen molar-refractivity contribution < 1.29 is 9.18 Å². The molecule has 6 nitrogen and oxygen atoms in total. The van der Waals surface area contributed by atoms with Gasteiger partial charge in [-0.1, -0.05) is 6.07 Å². The number of tetrazole rings is 1. The van der Waals surface area contributed by atoms with E-state index in [0.717, 1.165) is 0 Å². The molecule has 1 aromatic heterocycles. The van der Waals surface area contributed by atoms with Crippen molar-refractivity contribution in [3.05, 3.63) is 35.9 Å². The van der Waals surface area contributed by atoms with Gasteiger partial charge in [-0.3, -0.25) is 4.79 Å². The number of amides is 1. The summed E-state index contributed by atoms with van der Waals surface area (Å²) in [6, 6.07) is 5.89. The van der Waals surface area contributed by atoms with E-state index in [1.54, 1.807) is 12.1 Å². The summed E-state index contributed by atoms with van der Waals surface area (Å²) in [6.07, 6.45) is 0.966. The molecule has 0 bridgehead atoms. The van der Waals surface area contributed by atoms with Crippen LogP contribution >= 0.6 is 11.6 Å². The molecule has 0 spiro atoms. The van der Waals surface area contributed by atoms with Gasteiger partial charge in [0, 0.05) is 12.3 Å². The van der Waals surface area contributed by atoms with E-state index >= 15 is 0 Å². The number of nitrogens with zero attached hydrogens (tertiary/aromatic N) is 4. The van der Waals surface area contributed by atoms with Crippen LogP contribution in [0.15, 0.2) is 24.3 Å². The molecule has 0 aliphatic carbocycles. The van der Waals surface area contributed by atoms with E-state index in [1.165, 1.54) is 16.8 Å². The number of carbonyl (C=O) groups is 1. The highest BCUT2D eigenvalue weighted by atomic mass is 35.5. The number of rotatable bonds is 6. The predicted molar refractivity (Wildman–Crippen MR) is 70.9 cm³/mol. The molecule has 20 heavy (non-hydrogen) atoms. The van der Waals surface area contributed by atoms with Gasteiger partial charge in [0.1, 0.15) is 5.82 Å². The summed E-state index contributed by atoms with van der Waals surface area (Å²) in [4.78, 5) is 11.5. The Morgan fingerprint density at radius 1 is 1.45 bits per heavy atom. The molecule has 0 radical (unpaired) electrons. The van der Waals surface area contributed by atoms with Crippen molar-refractivity contribution in [3.8, 4) is 5.69 Å². The second-order valence-electron chi connectivity index (χ2n) is 4.06. The molecule has 1 heterocycles. The van der Waals surface area contributed by atoms with E-state index in [1.807, 2.05) is 0 Å². The normalized spacial score (nSPS) is 10.5. The van der Waals surface area contributed by atoms with E-state index < -0.39 is 0 Å². The average Bonchev–Trinajstić information content (AvgIpc) is 2.91. The number of alkyl halides is 1. The second-order valence-corrected chi connectivity index (χ2v) is 4.43. The minimum Gasteiger partial charge on any atom is -0.349 e. The molecule has 0 atom stereocenters. The van der Waals surface area contributed by atoms with Crippen LogP contribution in [0.3, 0.4) is 0 Å². The first kappa shape index (κ1) is 14.4. The summed E-state index contributed by atoms with van der Waals surface area (Å²) in [5.74, 6) is 0.360. The second kappa shape index (κ2) is 6.95. The molecule has 1 amide bonds. The maximum atomic E-state index is 13.2. The van der Waals surface area contributed by atoms with Crippen LogP contribution in [0, 0.1) is 5.82 Å². The number of benzene rings is 1. The number of halogens is 2. The molecule has 0 aliphatic rings. The monoisotopic (exact) mass is 297 g/mol. The minimum atomic E-state index is -0.380. The summed E-state index contributed by atoms with van der Waals surface area (Å²) >= 11 is 5.51. The van der Waals surface area contributed by atoms with Crippen LogP contribution in [0.2, 0.25) is 0 Å². The number of hydrogen-bond acceptors (Lipinski definition) is 4. The first-order chi connectivity index (χ1) is 9.70. The summed E-state index contributed by atoms with van der Waals surface area (Å²) < 4.78 is 14.6. The van der Waals surface area contributed by atoms with Gasteiger partial charge in [-0.05, 0) is 35.0 Å². The Kier molecular flexibility index (Phi) is 5.00. The van der Waals surface area contributed by atoms with Crippen LogP contribution in [0.5, 0.6) is 0 Å². The zero-order valence-corrected chi connectivity index (χ0v) is 11.3. The van der Waals surface area contributed by atoms with Gasteiger partial charge in [0.05, 0.1) is 12.2 Å². The van der Waals surface area contributed by atoms with E-state index in [0.29, 0.717) is 30.2 Å². The maximum absolute atomic E-state index is 13.2. The van der Waals surface area contributed by atoms with Crippen molar-refractivity contribution in [1.82, 2.24) is 25.5 Å². The lowest BCUT2D eigenvalue weighted by atomic mass is 10.3. The Hall–Kier alpha value is -2.02. The lowest BCUT2D eigenvalue weighted by molar-refractivity contribution is -0.121. The fourth-order valence-electron chi connectivity index (χ4n) is 1.62. The fraction of sp³-hybridized carbons (Fsp3) is 0.333.